The zero-order valence-electron chi connectivity index (χ0n) is 9.75. The highest BCUT2D eigenvalue weighted by molar-refractivity contribution is 7.88. The maximum atomic E-state index is 11.5. The van der Waals surface area contributed by atoms with Crippen molar-refractivity contribution >= 4 is 16.0 Å². The van der Waals surface area contributed by atoms with Crippen LogP contribution in [0.25, 0.3) is 0 Å². The monoisotopic (exact) mass is 250 g/mol. The number of piperazine rings is 1. The van der Waals surface area contributed by atoms with Gasteiger partial charge in [0.2, 0.25) is 10.0 Å². The van der Waals surface area contributed by atoms with Gasteiger partial charge in [-0.15, -0.1) is 0 Å². The van der Waals surface area contributed by atoms with Crippen molar-refractivity contribution in [2.45, 2.75) is 25.4 Å². The highest BCUT2D eigenvalue weighted by Gasteiger charge is 2.37. The fourth-order valence-electron chi connectivity index (χ4n) is 2.02. The molecule has 0 spiro atoms. The first-order chi connectivity index (χ1) is 7.23. The van der Waals surface area contributed by atoms with Crippen LogP contribution in [0.3, 0.4) is 0 Å². The van der Waals surface area contributed by atoms with Crippen molar-refractivity contribution in [2.24, 2.45) is 0 Å². The molecule has 94 valence electrons. The number of rotatable bonds is 3. The molecular formula is C9H18N2O4S. The molecule has 1 aliphatic heterocycles. The summed E-state index contributed by atoms with van der Waals surface area (Å²) in [7, 11) is -1.46. The number of carboxylic acids is 1. The molecule has 0 aliphatic carbocycles. The van der Waals surface area contributed by atoms with Crippen LogP contribution in [0.2, 0.25) is 0 Å². The maximum Gasteiger partial charge on any atom is 0.305 e. The fourth-order valence-corrected chi connectivity index (χ4v) is 3.18. The van der Waals surface area contributed by atoms with Gasteiger partial charge < -0.3 is 10.0 Å². The minimum Gasteiger partial charge on any atom is -0.481 e. The van der Waals surface area contributed by atoms with E-state index in [0.717, 1.165) is 6.26 Å². The van der Waals surface area contributed by atoms with E-state index in [9.17, 15) is 13.2 Å². The molecule has 1 heterocycles. The standard InChI is InChI=1S/C9H18N2O4S/c1-7-8(6-9(12)13)11(16(3,14)15)5-4-10(7)2/h7-8H,4-6H2,1-3H3,(H,12,13)/t7-,8-/m0/s1. The Morgan fingerprint density at radius 2 is 2.00 bits per heavy atom. The number of carboxylic acid groups (broad SMARTS) is 1. The normalized spacial score (nSPS) is 29.2. The first-order valence-electron chi connectivity index (χ1n) is 5.12. The fraction of sp³-hybridized carbons (Fsp3) is 0.889. The molecule has 0 radical (unpaired) electrons. The smallest absolute Gasteiger partial charge is 0.305 e. The Balaban J connectivity index is 2.94. The van der Waals surface area contributed by atoms with Crippen molar-refractivity contribution in [3.63, 3.8) is 0 Å². The molecular weight excluding hydrogens is 232 g/mol. The molecule has 0 saturated carbocycles. The number of hydrogen-bond acceptors (Lipinski definition) is 4. The number of likely N-dealkylation sites (N-methyl/N-ethyl adjacent to an activating group) is 1. The van der Waals surface area contributed by atoms with Gasteiger partial charge in [0, 0.05) is 19.1 Å². The molecule has 6 nitrogen and oxygen atoms in total. The van der Waals surface area contributed by atoms with E-state index >= 15 is 0 Å². The molecule has 0 aromatic heterocycles. The number of sulfonamides is 1. The third-order valence-corrected chi connectivity index (χ3v) is 4.41. The van der Waals surface area contributed by atoms with E-state index in [4.69, 9.17) is 5.11 Å². The van der Waals surface area contributed by atoms with Crippen LogP contribution in [0, 0.1) is 0 Å². The van der Waals surface area contributed by atoms with Gasteiger partial charge in [0.25, 0.3) is 0 Å². The van der Waals surface area contributed by atoms with Gasteiger partial charge in [0.05, 0.1) is 18.7 Å². The van der Waals surface area contributed by atoms with Gasteiger partial charge in [-0.05, 0) is 14.0 Å². The molecule has 0 amide bonds. The van der Waals surface area contributed by atoms with Gasteiger partial charge in [-0.2, -0.15) is 4.31 Å². The van der Waals surface area contributed by atoms with Crippen molar-refractivity contribution in [2.75, 3.05) is 26.4 Å². The van der Waals surface area contributed by atoms with Gasteiger partial charge in [0.1, 0.15) is 0 Å². The topological polar surface area (TPSA) is 77.9 Å². The zero-order valence-corrected chi connectivity index (χ0v) is 10.6. The minimum atomic E-state index is -3.33. The Bertz CT molecular complexity index is 368. The van der Waals surface area contributed by atoms with Crippen LogP contribution in [0.1, 0.15) is 13.3 Å². The van der Waals surface area contributed by atoms with E-state index in [1.54, 1.807) is 0 Å². The van der Waals surface area contributed by atoms with E-state index in [2.05, 4.69) is 0 Å². The molecule has 2 atom stereocenters. The zero-order chi connectivity index (χ0) is 12.5. The molecule has 16 heavy (non-hydrogen) atoms. The van der Waals surface area contributed by atoms with Crippen molar-refractivity contribution in [1.29, 1.82) is 0 Å². The molecule has 1 N–H and O–H groups in total. The summed E-state index contributed by atoms with van der Waals surface area (Å²) in [5.74, 6) is -0.971. The Kier molecular flexibility index (Phi) is 3.92. The van der Waals surface area contributed by atoms with Crippen molar-refractivity contribution in [1.82, 2.24) is 9.21 Å². The number of aliphatic carboxylic acids is 1. The largest absolute Gasteiger partial charge is 0.481 e. The molecule has 0 bridgehead atoms. The first-order valence-corrected chi connectivity index (χ1v) is 6.97. The van der Waals surface area contributed by atoms with Crippen LogP contribution in [0.4, 0.5) is 0 Å². The van der Waals surface area contributed by atoms with Crippen LogP contribution in [-0.4, -0.2) is 67.2 Å². The first kappa shape index (κ1) is 13.4. The van der Waals surface area contributed by atoms with E-state index < -0.39 is 22.0 Å². The SMILES string of the molecule is C[C@H]1[C@H](CC(=O)O)N(S(C)(=O)=O)CCN1C. The molecule has 1 aliphatic rings. The van der Waals surface area contributed by atoms with Crippen molar-refractivity contribution < 1.29 is 18.3 Å². The predicted octanol–water partition coefficient (Wildman–Crippen LogP) is -0.575. The molecule has 0 aromatic rings. The lowest BCUT2D eigenvalue weighted by Gasteiger charge is -2.43. The third kappa shape index (κ3) is 2.93. The summed E-state index contributed by atoms with van der Waals surface area (Å²) in [4.78, 5) is 12.7. The van der Waals surface area contributed by atoms with E-state index in [-0.39, 0.29) is 12.5 Å². The van der Waals surface area contributed by atoms with Crippen LogP contribution >= 0.6 is 0 Å². The van der Waals surface area contributed by atoms with Gasteiger partial charge in [-0.1, -0.05) is 0 Å². The Labute approximate surface area is 95.9 Å². The van der Waals surface area contributed by atoms with Crippen molar-refractivity contribution in [3.05, 3.63) is 0 Å². The lowest BCUT2D eigenvalue weighted by Crippen LogP contribution is -2.59. The minimum absolute atomic E-state index is 0.0837. The average molecular weight is 250 g/mol. The second-order valence-corrected chi connectivity index (χ2v) is 6.20. The highest BCUT2D eigenvalue weighted by atomic mass is 32.2. The summed E-state index contributed by atoms with van der Waals surface area (Å²) >= 11 is 0. The summed E-state index contributed by atoms with van der Waals surface area (Å²) in [5, 5.41) is 8.81. The van der Waals surface area contributed by atoms with E-state index in [1.165, 1.54) is 4.31 Å². The van der Waals surface area contributed by atoms with Crippen LogP contribution in [-0.2, 0) is 14.8 Å². The van der Waals surface area contributed by atoms with E-state index in [0.29, 0.717) is 13.1 Å². The van der Waals surface area contributed by atoms with Crippen LogP contribution in [0.15, 0.2) is 0 Å². The second kappa shape index (κ2) is 4.68. The Hall–Kier alpha value is -0.660. The summed E-state index contributed by atoms with van der Waals surface area (Å²) in [6.45, 7) is 2.84. The summed E-state index contributed by atoms with van der Waals surface area (Å²) in [5.41, 5.74) is 0. The predicted molar refractivity (Wildman–Crippen MR) is 59.7 cm³/mol. The molecule has 0 aromatic carbocycles. The molecule has 1 rings (SSSR count). The van der Waals surface area contributed by atoms with Crippen LogP contribution in [0.5, 0.6) is 0 Å². The van der Waals surface area contributed by atoms with Gasteiger partial charge in [-0.3, -0.25) is 4.79 Å². The maximum absolute atomic E-state index is 11.5. The third-order valence-electron chi connectivity index (χ3n) is 3.10. The quantitative estimate of drug-likeness (QED) is 0.725. The molecule has 1 saturated heterocycles. The molecule has 7 heteroatoms. The van der Waals surface area contributed by atoms with Gasteiger partial charge in [-0.25, -0.2) is 8.42 Å². The lowest BCUT2D eigenvalue weighted by atomic mass is 10.0. The Morgan fingerprint density at radius 3 is 2.44 bits per heavy atom. The number of hydrogen-bond donors (Lipinski definition) is 1. The number of carbonyl (C=O) groups is 1. The molecule has 0 unspecified atom stereocenters. The second-order valence-electron chi connectivity index (χ2n) is 4.26. The van der Waals surface area contributed by atoms with Crippen LogP contribution < -0.4 is 0 Å². The average Bonchev–Trinajstić information content (AvgIpc) is 2.10. The summed E-state index contributed by atoms with van der Waals surface area (Å²) < 4.78 is 24.4. The summed E-state index contributed by atoms with van der Waals surface area (Å²) in [6.07, 6.45) is 0.971. The lowest BCUT2D eigenvalue weighted by molar-refractivity contribution is -0.138. The van der Waals surface area contributed by atoms with Crippen molar-refractivity contribution in [3.8, 4) is 0 Å². The van der Waals surface area contributed by atoms with Gasteiger partial charge >= 0.3 is 5.97 Å². The highest BCUT2D eigenvalue weighted by Crippen LogP contribution is 2.21. The molecule has 1 fully saturated rings. The number of nitrogens with zero attached hydrogens (tertiary/aromatic N) is 2. The Morgan fingerprint density at radius 1 is 1.44 bits per heavy atom. The summed E-state index contributed by atoms with van der Waals surface area (Å²) in [6, 6.07) is -0.564. The van der Waals surface area contributed by atoms with E-state index in [1.807, 2.05) is 18.9 Å². The van der Waals surface area contributed by atoms with Gasteiger partial charge in [0.15, 0.2) is 0 Å².